The van der Waals surface area contributed by atoms with Gasteiger partial charge in [-0.25, -0.2) is 0 Å². The van der Waals surface area contributed by atoms with E-state index in [9.17, 15) is 15.3 Å². The van der Waals surface area contributed by atoms with Crippen LogP contribution in [0.25, 0.3) is 0 Å². The molecule has 28 heavy (non-hydrogen) atoms. The van der Waals surface area contributed by atoms with Crippen LogP contribution < -0.4 is 0 Å². The van der Waals surface area contributed by atoms with E-state index in [-0.39, 0.29) is 6.61 Å². The lowest BCUT2D eigenvalue weighted by atomic mass is 9.82. The number of methoxy groups -OCH3 is 2. The molecule has 0 radical (unpaired) electrons. The van der Waals surface area contributed by atoms with Gasteiger partial charge in [0.2, 0.25) is 0 Å². The first-order chi connectivity index (χ1) is 13.4. The van der Waals surface area contributed by atoms with Gasteiger partial charge in [-0.15, -0.1) is 0 Å². The molecular weight excluding hydrogens is 384 g/mol. The quantitative estimate of drug-likeness (QED) is 0.661. The number of hydrogen-bond donors (Lipinski definition) is 3. The molecule has 1 aliphatic carbocycles. The molecule has 0 bridgehead atoms. The second-order valence-electron chi connectivity index (χ2n) is 7.96. The summed E-state index contributed by atoms with van der Waals surface area (Å²) >= 11 is 6.44. The molecule has 1 aromatic carbocycles. The molecule has 1 unspecified atom stereocenters. The van der Waals surface area contributed by atoms with Crippen molar-refractivity contribution in [2.24, 2.45) is 5.92 Å². The normalized spacial score (nSPS) is 36.4. The summed E-state index contributed by atoms with van der Waals surface area (Å²) in [4.78, 5) is 0. The van der Waals surface area contributed by atoms with Gasteiger partial charge in [0.1, 0.15) is 30.5 Å². The molecule has 1 saturated heterocycles. The maximum Gasteiger partial charge on any atom is 0.113 e. The van der Waals surface area contributed by atoms with Crippen molar-refractivity contribution < 1.29 is 29.5 Å². The number of benzene rings is 1. The van der Waals surface area contributed by atoms with Crippen LogP contribution in [0, 0.1) is 5.92 Å². The molecule has 1 saturated carbocycles. The van der Waals surface area contributed by atoms with Crippen molar-refractivity contribution in [1.29, 1.82) is 0 Å². The molecule has 6 nitrogen and oxygen atoms in total. The molecule has 0 spiro atoms. The average molecular weight is 415 g/mol. The van der Waals surface area contributed by atoms with Crippen LogP contribution in [-0.2, 0) is 20.6 Å². The Labute approximate surface area is 171 Å². The lowest BCUT2D eigenvalue weighted by Gasteiger charge is -2.40. The summed E-state index contributed by atoms with van der Waals surface area (Å²) in [6.07, 6.45) is 0.344. The van der Waals surface area contributed by atoms with Crippen LogP contribution >= 0.6 is 11.6 Å². The molecule has 158 valence electrons. The summed E-state index contributed by atoms with van der Waals surface area (Å²) in [5.41, 5.74) is 1.75. The van der Waals surface area contributed by atoms with Gasteiger partial charge in [-0.3, -0.25) is 0 Å². The summed E-state index contributed by atoms with van der Waals surface area (Å²) in [6.45, 7) is 0.130. The van der Waals surface area contributed by atoms with Gasteiger partial charge in [0.25, 0.3) is 0 Å². The summed E-state index contributed by atoms with van der Waals surface area (Å²) in [7, 11) is 3.27. The fourth-order valence-corrected chi connectivity index (χ4v) is 4.53. The number of ether oxygens (including phenoxy) is 3. The Balaban J connectivity index is 1.74. The van der Waals surface area contributed by atoms with Gasteiger partial charge in [0.05, 0.1) is 12.7 Å². The molecule has 0 amide bonds. The summed E-state index contributed by atoms with van der Waals surface area (Å²) < 4.78 is 16.4. The fraction of sp³-hybridized carbons (Fsp3) is 0.714. The SMILES string of the molecule is COCC1O[C@@H](c2ccc(Cl)c(CC3CCC(OC)CC3)c2)[C@H](O)[C@@H](O)[C@@H]1O. The fourth-order valence-electron chi connectivity index (χ4n) is 4.34. The Morgan fingerprint density at radius 3 is 2.39 bits per heavy atom. The van der Waals surface area contributed by atoms with Crippen LogP contribution in [0.3, 0.4) is 0 Å². The molecule has 1 aromatic rings. The lowest BCUT2D eigenvalue weighted by molar-refractivity contribution is -0.233. The van der Waals surface area contributed by atoms with E-state index in [1.807, 2.05) is 12.1 Å². The van der Waals surface area contributed by atoms with Crippen molar-refractivity contribution in [3.8, 4) is 0 Å². The minimum absolute atomic E-state index is 0.130. The van der Waals surface area contributed by atoms with Crippen molar-refractivity contribution in [1.82, 2.24) is 0 Å². The largest absolute Gasteiger partial charge is 0.388 e. The van der Waals surface area contributed by atoms with E-state index in [0.29, 0.717) is 17.0 Å². The number of halogens is 1. The first-order valence-corrected chi connectivity index (χ1v) is 10.3. The van der Waals surface area contributed by atoms with E-state index in [4.69, 9.17) is 25.8 Å². The molecule has 5 atom stereocenters. The van der Waals surface area contributed by atoms with Gasteiger partial charge in [-0.1, -0.05) is 23.7 Å². The molecule has 1 heterocycles. The smallest absolute Gasteiger partial charge is 0.113 e. The summed E-state index contributed by atoms with van der Waals surface area (Å²) in [6, 6.07) is 5.56. The topological polar surface area (TPSA) is 88.4 Å². The predicted molar refractivity (Wildman–Crippen MR) is 105 cm³/mol. The second-order valence-corrected chi connectivity index (χ2v) is 8.36. The summed E-state index contributed by atoms with van der Waals surface area (Å²) in [5.74, 6) is 0.546. The van der Waals surface area contributed by atoms with Crippen molar-refractivity contribution in [2.75, 3.05) is 20.8 Å². The highest BCUT2D eigenvalue weighted by molar-refractivity contribution is 6.31. The van der Waals surface area contributed by atoms with Crippen LogP contribution in [0.15, 0.2) is 18.2 Å². The number of hydrogen-bond acceptors (Lipinski definition) is 6. The Kier molecular flexibility index (Phi) is 7.73. The molecular formula is C21H31ClO6. The molecule has 7 heteroatoms. The van der Waals surface area contributed by atoms with Gasteiger partial charge in [0, 0.05) is 19.2 Å². The molecule has 1 aliphatic heterocycles. The zero-order chi connectivity index (χ0) is 20.3. The highest BCUT2D eigenvalue weighted by Gasteiger charge is 2.44. The van der Waals surface area contributed by atoms with Gasteiger partial charge in [-0.05, 0) is 55.2 Å². The van der Waals surface area contributed by atoms with E-state index >= 15 is 0 Å². The molecule has 2 aliphatic rings. The van der Waals surface area contributed by atoms with Crippen LogP contribution in [-0.4, -0.2) is 66.7 Å². The van der Waals surface area contributed by atoms with Crippen LogP contribution in [0.1, 0.15) is 42.9 Å². The van der Waals surface area contributed by atoms with Crippen LogP contribution in [0.2, 0.25) is 5.02 Å². The monoisotopic (exact) mass is 414 g/mol. The first-order valence-electron chi connectivity index (χ1n) is 9.94. The van der Waals surface area contributed by atoms with Gasteiger partial charge >= 0.3 is 0 Å². The summed E-state index contributed by atoms with van der Waals surface area (Å²) in [5, 5.41) is 31.5. The Bertz CT molecular complexity index is 633. The first kappa shape index (κ1) is 22.0. The zero-order valence-corrected chi connectivity index (χ0v) is 17.2. The van der Waals surface area contributed by atoms with Crippen LogP contribution in [0.4, 0.5) is 0 Å². The lowest BCUT2D eigenvalue weighted by Crippen LogP contribution is -2.55. The van der Waals surface area contributed by atoms with Crippen molar-refractivity contribution in [3.05, 3.63) is 34.3 Å². The Morgan fingerprint density at radius 1 is 1.04 bits per heavy atom. The molecule has 3 N–H and O–H groups in total. The van der Waals surface area contributed by atoms with Crippen LogP contribution in [0.5, 0.6) is 0 Å². The molecule has 0 aromatic heterocycles. The maximum atomic E-state index is 10.5. The highest BCUT2D eigenvalue weighted by atomic mass is 35.5. The third kappa shape index (κ3) is 4.87. The Morgan fingerprint density at radius 2 is 1.75 bits per heavy atom. The average Bonchev–Trinajstić information content (AvgIpc) is 2.71. The standard InChI is InChI=1S/C21H31ClO6/c1-26-11-17-18(23)19(24)20(25)21(28-17)13-5-8-16(22)14(10-13)9-12-3-6-15(27-2)7-4-12/h5,8,10,12,15,17-21,23-25H,3-4,6-7,9,11H2,1-2H3/t12?,15?,17?,18-,19+,20-,21+/m1/s1. The van der Waals surface area contributed by atoms with Crippen molar-refractivity contribution >= 4 is 11.6 Å². The minimum atomic E-state index is -1.30. The zero-order valence-electron chi connectivity index (χ0n) is 16.5. The molecule has 3 rings (SSSR count). The van der Waals surface area contributed by atoms with Gasteiger partial charge in [0.15, 0.2) is 0 Å². The van der Waals surface area contributed by atoms with Crippen molar-refractivity contribution in [3.63, 3.8) is 0 Å². The van der Waals surface area contributed by atoms with Crippen molar-refractivity contribution in [2.45, 2.75) is 68.7 Å². The van der Waals surface area contributed by atoms with E-state index < -0.39 is 30.5 Å². The van der Waals surface area contributed by atoms with E-state index in [1.165, 1.54) is 7.11 Å². The maximum absolute atomic E-state index is 10.5. The Hall–Kier alpha value is -0.730. The highest BCUT2D eigenvalue weighted by Crippen LogP contribution is 2.36. The van der Waals surface area contributed by atoms with E-state index in [0.717, 1.165) is 43.2 Å². The predicted octanol–water partition coefficient (Wildman–Crippen LogP) is 2.26. The number of aliphatic hydroxyl groups excluding tert-OH is 3. The number of rotatable bonds is 6. The minimum Gasteiger partial charge on any atom is -0.388 e. The third-order valence-corrected chi connectivity index (χ3v) is 6.45. The number of aliphatic hydroxyl groups is 3. The second kappa shape index (κ2) is 9.85. The molecule has 2 fully saturated rings. The van der Waals surface area contributed by atoms with Gasteiger partial charge in [-0.2, -0.15) is 0 Å². The van der Waals surface area contributed by atoms with E-state index in [2.05, 4.69) is 0 Å². The van der Waals surface area contributed by atoms with E-state index in [1.54, 1.807) is 13.2 Å². The van der Waals surface area contributed by atoms with Gasteiger partial charge < -0.3 is 29.5 Å². The third-order valence-electron chi connectivity index (χ3n) is 6.08.